The number of allylic oxidation sites excluding steroid dienone is 1. The molecule has 0 amide bonds. The van der Waals surface area contributed by atoms with Gasteiger partial charge in [-0.25, -0.2) is 4.79 Å². The predicted molar refractivity (Wildman–Crippen MR) is 157 cm³/mol. The first-order valence-electron chi connectivity index (χ1n) is 14.9. The van der Waals surface area contributed by atoms with E-state index in [1.54, 1.807) is 27.1 Å². The van der Waals surface area contributed by atoms with Crippen LogP contribution in [-0.4, -0.2) is 56.8 Å². The lowest BCUT2D eigenvalue weighted by Gasteiger charge is -2.52. The Morgan fingerprint density at radius 1 is 1.12 bits per heavy atom. The number of esters is 1. The third kappa shape index (κ3) is 3.87. The van der Waals surface area contributed by atoms with Gasteiger partial charge in [0.1, 0.15) is 6.10 Å². The zero-order valence-corrected chi connectivity index (χ0v) is 25.8. The first-order valence-corrected chi connectivity index (χ1v) is 14.9. The van der Waals surface area contributed by atoms with Crippen LogP contribution in [-0.2, 0) is 26.1 Å². The molecule has 1 saturated heterocycles. The van der Waals surface area contributed by atoms with E-state index in [9.17, 15) is 14.7 Å². The van der Waals surface area contributed by atoms with E-state index in [-0.39, 0.29) is 35.3 Å². The third-order valence-corrected chi connectivity index (χ3v) is 10.7. The molecular formula is C34H42N2O6. The van der Waals surface area contributed by atoms with Gasteiger partial charge in [0.15, 0.2) is 29.0 Å². The Bertz CT molecular complexity index is 1500. The van der Waals surface area contributed by atoms with E-state index >= 15 is 0 Å². The Hall–Kier alpha value is -3.07. The number of carbonyl (C=O) groups is 2. The van der Waals surface area contributed by atoms with Crippen LogP contribution in [0, 0.1) is 28.6 Å². The second-order valence-electron chi connectivity index (χ2n) is 13.9. The first-order chi connectivity index (χ1) is 19.6. The van der Waals surface area contributed by atoms with E-state index in [0.29, 0.717) is 16.7 Å². The molecule has 0 radical (unpaired) electrons. The topological polar surface area (TPSA) is 99.9 Å². The molecule has 1 N–H and O–H groups in total. The Balaban J connectivity index is 1.51. The molecule has 224 valence electrons. The molecule has 7 atom stereocenters. The quantitative estimate of drug-likeness (QED) is 0.394. The van der Waals surface area contributed by atoms with Crippen molar-refractivity contribution in [2.24, 2.45) is 35.6 Å². The van der Waals surface area contributed by atoms with E-state index in [1.807, 2.05) is 56.3 Å². The van der Waals surface area contributed by atoms with Gasteiger partial charge in [-0.05, 0) is 61.2 Å². The number of carbonyl (C=O) groups excluding carboxylic acids is 2. The minimum Gasteiger partial charge on any atom is -0.450 e. The van der Waals surface area contributed by atoms with Crippen LogP contribution in [0.25, 0.3) is 11.1 Å². The maximum Gasteiger partial charge on any atom is 0.357 e. The standard InChI is InChI=1S/C34H42N2O6/c1-19-16-33-21(3)14-20(2)31(4,5)25(27(33)37)15-23-18-40-32(6,7)42-29(23)34(33,39)28(19)41-30(38)26-24(17-35-36(26)8)22-12-10-9-11-13-22/h9-13,15-17,20-21,25,28-29,39H,14,18H2,1-8H3/t20-,21?,25+,28-,29+,33?,34+/m0/s1. The largest absolute Gasteiger partial charge is 0.450 e. The normalized spacial score (nSPS) is 36.6. The highest BCUT2D eigenvalue weighted by Crippen LogP contribution is 2.64. The number of ketones is 1. The second kappa shape index (κ2) is 9.46. The second-order valence-corrected chi connectivity index (χ2v) is 13.9. The number of aromatic nitrogens is 2. The zero-order valence-electron chi connectivity index (χ0n) is 25.8. The van der Waals surface area contributed by atoms with Gasteiger partial charge in [0.05, 0.1) is 18.2 Å². The van der Waals surface area contributed by atoms with E-state index < -0.39 is 40.9 Å². The molecule has 8 heteroatoms. The number of hydrogen-bond acceptors (Lipinski definition) is 7. The summed E-state index contributed by atoms with van der Waals surface area (Å²) in [6.45, 7) is 14.1. The van der Waals surface area contributed by atoms with Gasteiger partial charge in [-0.3, -0.25) is 9.48 Å². The fraction of sp³-hybridized carbons (Fsp3) is 0.559. The van der Waals surface area contributed by atoms with Crippen molar-refractivity contribution >= 4 is 11.8 Å². The van der Waals surface area contributed by atoms with Crippen molar-refractivity contribution in [1.82, 2.24) is 9.78 Å². The fourth-order valence-electron chi connectivity index (χ4n) is 8.03. The maximum atomic E-state index is 14.9. The zero-order chi connectivity index (χ0) is 30.4. The lowest BCUT2D eigenvalue weighted by Crippen LogP contribution is -2.68. The summed E-state index contributed by atoms with van der Waals surface area (Å²) in [6.07, 6.45) is 4.17. The number of fused-ring (bicyclic) bond motifs is 3. The van der Waals surface area contributed by atoms with Crippen LogP contribution in [0.1, 0.15) is 65.4 Å². The summed E-state index contributed by atoms with van der Waals surface area (Å²) in [6, 6.07) is 9.52. The number of hydrogen-bond donors (Lipinski definition) is 1. The molecule has 1 aliphatic heterocycles. The molecule has 1 aromatic heterocycles. The van der Waals surface area contributed by atoms with Crippen LogP contribution in [0.3, 0.4) is 0 Å². The summed E-state index contributed by atoms with van der Waals surface area (Å²) in [7, 11) is 1.69. The van der Waals surface area contributed by atoms with Crippen LogP contribution >= 0.6 is 0 Å². The average Bonchev–Trinajstić information content (AvgIpc) is 3.39. The minimum atomic E-state index is -1.89. The fourth-order valence-corrected chi connectivity index (χ4v) is 8.03. The van der Waals surface area contributed by atoms with Gasteiger partial charge < -0.3 is 19.3 Å². The van der Waals surface area contributed by atoms with Gasteiger partial charge in [0.2, 0.25) is 0 Å². The molecule has 42 heavy (non-hydrogen) atoms. The van der Waals surface area contributed by atoms with Crippen molar-refractivity contribution < 1.29 is 28.9 Å². The number of aryl methyl sites for hydroxylation is 1. The molecule has 8 nitrogen and oxygen atoms in total. The SMILES string of the molecule is CC1=CC23C(=O)[C@@H](C=C4COC(C)(C)O[C@H]4[C@]2(O)[C@H]1OC(=O)c1c(-c2ccccc2)cnn1C)C(C)(C)[C@@H](C)CC3C. The molecule has 6 rings (SSSR count). The Morgan fingerprint density at radius 3 is 2.50 bits per heavy atom. The number of Topliss-reactive ketones (excluding diaryl/α,β-unsaturated/α-hetero) is 1. The monoisotopic (exact) mass is 574 g/mol. The lowest BCUT2D eigenvalue weighted by molar-refractivity contribution is -0.302. The van der Waals surface area contributed by atoms with Crippen LogP contribution in [0.15, 0.2) is 59.8 Å². The van der Waals surface area contributed by atoms with Crippen molar-refractivity contribution in [3.63, 3.8) is 0 Å². The van der Waals surface area contributed by atoms with Crippen LogP contribution in [0.4, 0.5) is 0 Å². The number of aliphatic hydroxyl groups is 1. The molecule has 1 aromatic carbocycles. The summed E-state index contributed by atoms with van der Waals surface area (Å²) >= 11 is 0. The molecule has 1 spiro atoms. The smallest absolute Gasteiger partial charge is 0.357 e. The first kappa shape index (κ1) is 29.0. The molecule has 2 heterocycles. The minimum absolute atomic E-state index is 0.0569. The van der Waals surface area contributed by atoms with Crippen molar-refractivity contribution in [2.75, 3.05) is 6.61 Å². The van der Waals surface area contributed by atoms with Gasteiger partial charge in [-0.15, -0.1) is 0 Å². The van der Waals surface area contributed by atoms with E-state index in [4.69, 9.17) is 14.2 Å². The van der Waals surface area contributed by atoms with Crippen LogP contribution in [0.2, 0.25) is 0 Å². The van der Waals surface area contributed by atoms with Gasteiger partial charge in [0.25, 0.3) is 0 Å². The van der Waals surface area contributed by atoms with Gasteiger partial charge in [-0.1, -0.05) is 70.2 Å². The summed E-state index contributed by atoms with van der Waals surface area (Å²) in [5, 5.41) is 17.6. The third-order valence-electron chi connectivity index (χ3n) is 10.7. The number of ether oxygens (including phenoxy) is 3. The highest BCUT2D eigenvalue weighted by Gasteiger charge is 2.74. The molecule has 3 aliphatic carbocycles. The van der Waals surface area contributed by atoms with Gasteiger partial charge in [0, 0.05) is 18.5 Å². The van der Waals surface area contributed by atoms with Crippen molar-refractivity contribution in [2.45, 2.75) is 78.5 Å². The number of rotatable bonds is 3. The number of nitrogens with zero attached hydrogens (tertiary/aromatic N) is 2. The highest BCUT2D eigenvalue weighted by molar-refractivity contribution is 5.97. The summed E-state index contributed by atoms with van der Waals surface area (Å²) < 4.78 is 20.4. The average molecular weight is 575 g/mol. The molecule has 4 aliphatic rings. The summed E-state index contributed by atoms with van der Waals surface area (Å²) in [4.78, 5) is 29.0. The Labute approximate surface area is 247 Å². The maximum absolute atomic E-state index is 14.9. The molecular weight excluding hydrogens is 532 g/mol. The molecule has 2 aromatic rings. The van der Waals surface area contributed by atoms with Crippen molar-refractivity contribution in [1.29, 1.82) is 0 Å². The van der Waals surface area contributed by atoms with E-state index in [0.717, 1.165) is 12.0 Å². The van der Waals surface area contributed by atoms with E-state index in [1.165, 1.54) is 4.68 Å². The van der Waals surface area contributed by atoms with Crippen molar-refractivity contribution in [3.8, 4) is 11.1 Å². The molecule has 1 saturated carbocycles. The molecule has 2 unspecified atom stereocenters. The molecule has 2 fully saturated rings. The Morgan fingerprint density at radius 2 is 1.81 bits per heavy atom. The summed E-state index contributed by atoms with van der Waals surface area (Å²) in [5.74, 6) is -2.23. The van der Waals surface area contributed by atoms with Gasteiger partial charge >= 0.3 is 5.97 Å². The van der Waals surface area contributed by atoms with Gasteiger partial charge in [-0.2, -0.15) is 5.10 Å². The van der Waals surface area contributed by atoms with Crippen LogP contribution in [0.5, 0.6) is 0 Å². The molecule has 2 bridgehead atoms. The predicted octanol–water partition coefficient (Wildman–Crippen LogP) is 5.27. The van der Waals surface area contributed by atoms with E-state index in [2.05, 4.69) is 25.9 Å². The summed E-state index contributed by atoms with van der Waals surface area (Å²) in [5.41, 5.74) is -0.535. The lowest BCUT2D eigenvalue weighted by atomic mass is 9.59. The Kier molecular flexibility index (Phi) is 6.54. The number of benzene rings is 1. The highest BCUT2D eigenvalue weighted by atomic mass is 16.7. The van der Waals surface area contributed by atoms with Crippen molar-refractivity contribution in [3.05, 3.63) is 65.5 Å². The van der Waals surface area contributed by atoms with Crippen LogP contribution < -0.4 is 0 Å².